The van der Waals surface area contributed by atoms with Crippen molar-refractivity contribution in [2.24, 2.45) is 0 Å². The van der Waals surface area contributed by atoms with E-state index in [0.29, 0.717) is 12.2 Å². The summed E-state index contributed by atoms with van der Waals surface area (Å²) in [6.45, 7) is 4.12. The molecule has 0 aliphatic rings. The van der Waals surface area contributed by atoms with Gasteiger partial charge in [-0.1, -0.05) is 30.3 Å². The van der Waals surface area contributed by atoms with Crippen LogP contribution >= 0.6 is 0 Å². The average molecular weight is 252 g/mol. The van der Waals surface area contributed by atoms with E-state index in [4.69, 9.17) is 4.74 Å². The maximum atomic E-state index is 11.6. The third-order valence-corrected chi connectivity index (χ3v) is 3.14. The molecule has 1 N–H and O–H groups in total. The van der Waals surface area contributed by atoms with Gasteiger partial charge in [-0.25, -0.2) is 4.79 Å². The van der Waals surface area contributed by atoms with Gasteiger partial charge in [0.25, 0.3) is 0 Å². The molecular weight excluding hydrogens is 230 g/mol. The molecular formula is C14H22NO3+. The molecule has 0 heterocycles. The van der Waals surface area contributed by atoms with Crippen LogP contribution in [0.15, 0.2) is 30.3 Å². The number of carbonyl (C=O) groups excluding carboxylic acids is 1. The SMILES string of the molecule is CC[N+](C)(C)CCOC(=O)C(O)c1ccccc1. The summed E-state index contributed by atoms with van der Waals surface area (Å²) in [5.41, 5.74) is 0.562. The van der Waals surface area contributed by atoms with Crippen molar-refractivity contribution >= 4 is 5.97 Å². The molecule has 0 spiro atoms. The van der Waals surface area contributed by atoms with Crippen molar-refractivity contribution in [3.63, 3.8) is 0 Å². The Hall–Kier alpha value is -1.39. The van der Waals surface area contributed by atoms with Gasteiger partial charge in [-0.3, -0.25) is 0 Å². The van der Waals surface area contributed by atoms with Gasteiger partial charge in [0.05, 0.1) is 20.6 Å². The fourth-order valence-electron chi connectivity index (χ4n) is 1.40. The topological polar surface area (TPSA) is 46.5 Å². The number of aliphatic hydroxyl groups excluding tert-OH is 1. The van der Waals surface area contributed by atoms with E-state index < -0.39 is 12.1 Å². The van der Waals surface area contributed by atoms with Gasteiger partial charge in [0.2, 0.25) is 0 Å². The second-order valence-electron chi connectivity index (χ2n) is 4.96. The summed E-state index contributed by atoms with van der Waals surface area (Å²) in [4.78, 5) is 11.6. The lowest BCUT2D eigenvalue weighted by atomic mass is 10.1. The van der Waals surface area contributed by atoms with Crippen LogP contribution in [0.1, 0.15) is 18.6 Å². The number of hydrogen-bond donors (Lipinski definition) is 1. The van der Waals surface area contributed by atoms with Crippen LogP contribution in [0.2, 0.25) is 0 Å². The minimum Gasteiger partial charge on any atom is -0.458 e. The summed E-state index contributed by atoms with van der Waals surface area (Å²) in [5.74, 6) is -0.586. The summed E-state index contributed by atoms with van der Waals surface area (Å²) >= 11 is 0. The van der Waals surface area contributed by atoms with E-state index in [1.807, 2.05) is 6.07 Å². The number of ether oxygens (including phenoxy) is 1. The zero-order valence-corrected chi connectivity index (χ0v) is 11.3. The van der Waals surface area contributed by atoms with Crippen molar-refractivity contribution in [1.29, 1.82) is 0 Å². The van der Waals surface area contributed by atoms with Crippen molar-refractivity contribution in [2.75, 3.05) is 33.8 Å². The Morgan fingerprint density at radius 2 is 1.94 bits per heavy atom. The molecule has 1 aromatic rings. The number of rotatable bonds is 6. The Morgan fingerprint density at radius 3 is 2.50 bits per heavy atom. The first-order valence-corrected chi connectivity index (χ1v) is 6.18. The molecule has 0 saturated heterocycles. The normalized spacial score (nSPS) is 13.1. The number of carbonyl (C=O) groups is 1. The minimum absolute atomic E-state index is 0.323. The molecule has 1 rings (SSSR count). The van der Waals surface area contributed by atoms with Crippen LogP contribution in [-0.4, -0.2) is 49.4 Å². The molecule has 0 aliphatic heterocycles. The number of hydrogen-bond acceptors (Lipinski definition) is 3. The molecule has 0 amide bonds. The maximum absolute atomic E-state index is 11.6. The average Bonchev–Trinajstić information content (AvgIpc) is 2.38. The molecule has 0 radical (unpaired) electrons. The van der Waals surface area contributed by atoms with Crippen molar-refractivity contribution in [2.45, 2.75) is 13.0 Å². The smallest absolute Gasteiger partial charge is 0.339 e. The molecule has 0 bridgehead atoms. The van der Waals surface area contributed by atoms with Gasteiger partial charge in [-0.2, -0.15) is 0 Å². The van der Waals surface area contributed by atoms with Crippen molar-refractivity contribution in [3.05, 3.63) is 35.9 Å². The monoisotopic (exact) mass is 252 g/mol. The number of esters is 1. The van der Waals surface area contributed by atoms with Crippen molar-refractivity contribution < 1.29 is 19.1 Å². The van der Waals surface area contributed by atoms with Crippen LogP contribution in [0, 0.1) is 0 Å². The van der Waals surface area contributed by atoms with E-state index in [1.165, 1.54) is 0 Å². The lowest BCUT2D eigenvalue weighted by Gasteiger charge is -2.27. The zero-order valence-electron chi connectivity index (χ0n) is 11.3. The highest BCUT2D eigenvalue weighted by molar-refractivity contribution is 5.76. The van der Waals surface area contributed by atoms with E-state index >= 15 is 0 Å². The Kier molecular flexibility index (Phi) is 5.31. The molecule has 1 aromatic carbocycles. The Labute approximate surface area is 108 Å². The second-order valence-corrected chi connectivity index (χ2v) is 4.96. The first kappa shape index (κ1) is 14.7. The third kappa shape index (κ3) is 4.47. The number of likely N-dealkylation sites (N-methyl/N-ethyl adjacent to an activating group) is 1. The molecule has 0 saturated carbocycles. The van der Waals surface area contributed by atoms with Gasteiger partial charge in [0.15, 0.2) is 6.10 Å². The van der Waals surface area contributed by atoms with Gasteiger partial charge >= 0.3 is 5.97 Å². The second kappa shape index (κ2) is 6.52. The fourth-order valence-corrected chi connectivity index (χ4v) is 1.40. The van der Waals surface area contributed by atoms with Gasteiger partial charge in [0, 0.05) is 0 Å². The number of nitrogens with zero attached hydrogens (tertiary/aromatic N) is 1. The van der Waals surface area contributed by atoms with E-state index in [2.05, 4.69) is 21.0 Å². The van der Waals surface area contributed by atoms with Gasteiger partial charge in [0.1, 0.15) is 13.2 Å². The summed E-state index contributed by atoms with van der Waals surface area (Å²) in [7, 11) is 4.14. The number of quaternary nitrogens is 1. The highest BCUT2D eigenvalue weighted by Crippen LogP contribution is 2.13. The van der Waals surface area contributed by atoms with Gasteiger partial charge in [-0.15, -0.1) is 0 Å². The molecule has 100 valence electrons. The van der Waals surface area contributed by atoms with Crippen molar-refractivity contribution in [3.8, 4) is 0 Å². The highest BCUT2D eigenvalue weighted by atomic mass is 16.5. The fraction of sp³-hybridized carbons (Fsp3) is 0.500. The minimum atomic E-state index is -1.19. The predicted molar refractivity (Wildman–Crippen MR) is 69.9 cm³/mol. The standard InChI is InChI=1S/C14H22NO3/c1-4-15(2,3)10-11-18-14(17)13(16)12-8-6-5-7-9-12/h5-9,13,16H,4,10-11H2,1-3H3/q+1. The first-order valence-electron chi connectivity index (χ1n) is 6.18. The van der Waals surface area contributed by atoms with Crippen molar-refractivity contribution in [1.82, 2.24) is 0 Å². The maximum Gasteiger partial charge on any atom is 0.339 e. The quantitative estimate of drug-likeness (QED) is 0.614. The largest absolute Gasteiger partial charge is 0.458 e. The summed E-state index contributed by atoms with van der Waals surface area (Å²) in [6, 6.07) is 8.81. The lowest BCUT2D eigenvalue weighted by molar-refractivity contribution is -0.888. The predicted octanol–water partition coefficient (Wildman–Crippen LogP) is 1.36. The highest BCUT2D eigenvalue weighted by Gasteiger charge is 2.20. The Morgan fingerprint density at radius 1 is 1.33 bits per heavy atom. The summed E-state index contributed by atoms with van der Waals surface area (Å²) in [6.07, 6.45) is -1.19. The Bertz CT molecular complexity index is 376. The first-order chi connectivity index (χ1) is 8.46. The summed E-state index contributed by atoms with van der Waals surface area (Å²) in [5, 5.41) is 9.80. The Balaban J connectivity index is 2.42. The van der Waals surface area contributed by atoms with Gasteiger partial charge in [-0.05, 0) is 12.5 Å². The summed E-state index contributed by atoms with van der Waals surface area (Å²) < 4.78 is 5.88. The molecule has 4 nitrogen and oxygen atoms in total. The number of aliphatic hydroxyl groups is 1. The van der Waals surface area contributed by atoms with Crippen LogP contribution < -0.4 is 0 Å². The van der Waals surface area contributed by atoms with Gasteiger partial charge < -0.3 is 14.3 Å². The molecule has 0 aromatic heterocycles. The van der Waals surface area contributed by atoms with E-state index in [1.54, 1.807) is 24.3 Å². The molecule has 0 fully saturated rings. The van der Waals surface area contributed by atoms with E-state index in [9.17, 15) is 9.90 Å². The zero-order chi connectivity index (χ0) is 13.6. The number of benzene rings is 1. The molecule has 1 unspecified atom stereocenters. The molecule has 18 heavy (non-hydrogen) atoms. The van der Waals surface area contributed by atoms with Crippen LogP contribution in [0.5, 0.6) is 0 Å². The lowest BCUT2D eigenvalue weighted by Crippen LogP contribution is -2.42. The van der Waals surface area contributed by atoms with E-state index in [-0.39, 0.29) is 0 Å². The molecule has 1 atom stereocenters. The van der Waals surface area contributed by atoms with Crippen LogP contribution in [0.25, 0.3) is 0 Å². The van der Waals surface area contributed by atoms with Crippen LogP contribution in [0.3, 0.4) is 0 Å². The molecule has 0 aliphatic carbocycles. The van der Waals surface area contributed by atoms with Crippen LogP contribution in [0.4, 0.5) is 0 Å². The third-order valence-electron chi connectivity index (χ3n) is 3.14. The van der Waals surface area contributed by atoms with Crippen LogP contribution in [-0.2, 0) is 9.53 Å². The molecule has 4 heteroatoms. The van der Waals surface area contributed by atoms with E-state index in [0.717, 1.165) is 17.6 Å².